The van der Waals surface area contributed by atoms with Crippen LogP contribution in [0.25, 0.3) is 0 Å². The smallest absolute Gasteiger partial charge is 0.238 e. The van der Waals surface area contributed by atoms with E-state index in [0.29, 0.717) is 6.54 Å². The second-order valence-electron chi connectivity index (χ2n) is 4.40. The molecule has 20 heavy (non-hydrogen) atoms. The van der Waals surface area contributed by atoms with Crippen LogP contribution in [0.5, 0.6) is 0 Å². The molecule has 0 aliphatic carbocycles. The average molecular weight is 337 g/mol. The van der Waals surface area contributed by atoms with Gasteiger partial charge in [-0.05, 0) is 34.1 Å². The third-order valence-corrected chi connectivity index (χ3v) is 3.61. The molecule has 5 nitrogen and oxygen atoms in total. The third kappa shape index (κ3) is 4.18. The van der Waals surface area contributed by atoms with E-state index in [-0.39, 0.29) is 5.91 Å². The second-order valence-corrected chi connectivity index (χ2v) is 5.26. The minimum atomic E-state index is -0.0538. The van der Waals surface area contributed by atoms with Crippen molar-refractivity contribution in [2.24, 2.45) is 7.05 Å². The van der Waals surface area contributed by atoms with Gasteiger partial charge in [-0.15, -0.1) is 0 Å². The first-order chi connectivity index (χ1) is 9.66. The molecule has 1 aromatic carbocycles. The maximum atomic E-state index is 11.8. The van der Waals surface area contributed by atoms with Gasteiger partial charge in [0.2, 0.25) is 5.91 Å². The maximum absolute atomic E-state index is 11.8. The summed E-state index contributed by atoms with van der Waals surface area (Å²) in [7, 11) is 1.91. The van der Waals surface area contributed by atoms with E-state index in [0.717, 1.165) is 28.8 Å². The van der Waals surface area contributed by atoms with Crippen LogP contribution in [0.3, 0.4) is 0 Å². The summed E-state index contributed by atoms with van der Waals surface area (Å²) < 4.78 is 2.71. The van der Waals surface area contributed by atoms with Gasteiger partial charge in [-0.25, -0.2) is 0 Å². The Morgan fingerprint density at radius 3 is 2.85 bits per heavy atom. The Bertz CT molecular complexity index is 582. The van der Waals surface area contributed by atoms with Crippen LogP contribution in [0.15, 0.2) is 41.0 Å². The predicted molar refractivity (Wildman–Crippen MR) is 82.6 cm³/mol. The van der Waals surface area contributed by atoms with Crippen LogP contribution in [0.2, 0.25) is 0 Å². The van der Waals surface area contributed by atoms with Crippen molar-refractivity contribution in [3.63, 3.8) is 0 Å². The Hall–Kier alpha value is -1.66. The summed E-state index contributed by atoms with van der Waals surface area (Å²) in [5.41, 5.74) is 1.93. The quantitative estimate of drug-likeness (QED) is 0.792. The lowest BCUT2D eigenvalue weighted by molar-refractivity contribution is -0.115. The van der Waals surface area contributed by atoms with E-state index < -0.39 is 0 Å². The van der Waals surface area contributed by atoms with Gasteiger partial charge < -0.3 is 10.6 Å². The first kappa shape index (κ1) is 14.7. The molecule has 2 rings (SSSR count). The van der Waals surface area contributed by atoms with Gasteiger partial charge in [-0.2, -0.15) is 5.10 Å². The molecule has 6 heteroatoms. The van der Waals surface area contributed by atoms with E-state index in [1.165, 1.54) is 0 Å². The normalized spacial score (nSPS) is 10.5. The number of carbonyl (C=O) groups is 1. The fourth-order valence-electron chi connectivity index (χ4n) is 1.82. The summed E-state index contributed by atoms with van der Waals surface area (Å²) in [6, 6.07) is 9.52. The summed E-state index contributed by atoms with van der Waals surface area (Å²) in [5.74, 6) is -0.0538. The molecule has 0 atom stereocenters. The highest BCUT2D eigenvalue weighted by Gasteiger charge is 2.04. The van der Waals surface area contributed by atoms with Crippen molar-refractivity contribution in [2.75, 3.05) is 18.4 Å². The molecule has 2 aromatic rings. The Morgan fingerprint density at radius 2 is 2.15 bits per heavy atom. The van der Waals surface area contributed by atoms with E-state index in [1.54, 1.807) is 6.20 Å². The first-order valence-electron chi connectivity index (χ1n) is 6.39. The lowest BCUT2D eigenvalue weighted by atomic mass is 10.3. The van der Waals surface area contributed by atoms with E-state index in [4.69, 9.17) is 0 Å². The number of rotatable bonds is 6. The molecule has 0 saturated heterocycles. The number of para-hydroxylation sites is 1. The molecule has 0 radical (unpaired) electrons. The van der Waals surface area contributed by atoms with Gasteiger partial charge in [0, 0.05) is 36.4 Å². The van der Waals surface area contributed by atoms with E-state index in [1.807, 2.05) is 42.1 Å². The number of anilines is 1. The molecule has 0 aliphatic heterocycles. The highest BCUT2D eigenvalue weighted by molar-refractivity contribution is 9.10. The lowest BCUT2D eigenvalue weighted by Gasteiger charge is -2.08. The van der Waals surface area contributed by atoms with Crippen LogP contribution in [0, 0.1) is 0 Å². The van der Waals surface area contributed by atoms with E-state index in [2.05, 4.69) is 31.7 Å². The Morgan fingerprint density at radius 1 is 1.35 bits per heavy atom. The molecule has 0 saturated carbocycles. The molecule has 0 unspecified atom stereocenters. The number of amides is 1. The molecule has 0 aliphatic rings. The second kappa shape index (κ2) is 7.21. The van der Waals surface area contributed by atoms with Gasteiger partial charge in [0.15, 0.2) is 0 Å². The van der Waals surface area contributed by atoms with Crippen molar-refractivity contribution in [3.05, 3.63) is 46.7 Å². The van der Waals surface area contributed by atoms with Crippen molar-refractivity contribution in [1.29, 1.82) is 0 Å². The van der Waals surface area contributed by atoms with Crippen LogP contribution in [0.1, 0.15) is 5.69 Å². The van der Waals surface area contributed by atoms with Crippen LogP contribution < -0.4 is 10.6 Å². The maximum Gasteiger partial charge on any atom is 0.238 e. The first-order valence-corrected chi connectivity index (χ1v) is 7.18. The summed E-state index contributed by atoms with van der Waals surface area (Å²) in [6.45, 7) is 1.03. The minimum Gasteiger partial charge on any atom is -0.324 e. The van der Waals surface area contributed by atoms with Crippen molar-refractivity contribution in [3.8, 4) is 0 Å². The van der Waals surface area contributed by atoms with Crippen molar-refractivity contribution in [1.82, 2.24) is 15.1 Å². The fraction of sp³-hybridized carbons (Fsp3) is 0.286. The number of carbonyl (C=O) groups excluding carboxylic acids is 1. The molecule has 1 heterocycles. The molecule has 0 bridgehead atoms. The zero-order valence-corrected chi connectivity index (χ0v) is 12.9. The topological polar surface area (TPSA) is 59.0 Å². The number of hydrogen-bond acceptors (Lipinski definition) is 3. The van der Waals surface area contributed by atoms with Gasteiger partial charge in [-0.3, -0.25) is 9.48 Å². The summed E-state index contributed by atoms with van der Waals surface area (Å²) in [6.07, 6.45) is 2.62. The van der Waals surface area contributed by atoms with Gasteiger partial charge >= 0.3 is 0 Å². The van der Waals surface area contributed by atoms with Crippen molar-refractivity contribution < 1.29 is 4.79 Å². The molecule has 1 aromatic heterocycles. The summed E-state index contributed by atoms with van der Waals surface area (Å²) in [5, 5.41) is 10.1. The van der Waals surface area contributed by atoms with Crippen LogP contribution in [0.4, 0.5) is 5.69 Å². The number of halogens is 1. The van der Waals surface area contributed by atoms with Gasteiger partial charge in [-0.1, -0.05) is 12.1 Å². The molecule has 106 valence electrons. The number of nitrogens with zero attached hydrogens (tertiary/aromatic N) is 2. The molecular weight excluding hydrogens is 320 g/mol. The molecule has 2 N–H and O–H groups in total. The number of hydrogen-bond donors (Lipinski definition) is 2. The van der Waals surface area contributed by atoms with E-state index in [9.17, 15) is 4.79 Å². The lowest BCUT2D eigenvalue weighted by Crippen LogP contribution is -2.29. The summed E-state index contributed by atoms with van der Waals surface area (Å²) in [4.78, 5) is 11.8. The number of nitrogens with one attached hydrogen (secondary N) is 2. The highest BCUT2D eigenvalue weighted by Crippen LogP contribution is 2.20. The summed E-state index contributed by atoms with van der Waals surface area (Å²) >= 11 is 3.40. The van der Waals surface area contributed by atoms with Gasteiger partial charge in [0.25, 0.3) is 0 Å². The van der Waals surface area contributed by atoms with Crippen LogP contribution in [-0.4, -0.2) is 28.8 Å². The SMILES string of the molecule is Cn1nccc1CCNCC(=O)Nc1ccccc1Br. The Labute approximate surface area is 126 Å². The number of aromatic nitrogens is 2. The minimum absolute atomic E-state index is 0.0538. The molecule has 1 amide bonds. The van der Waals surface area contributed by atoms with Gasteiger partial charge in [0.05, 0.1) is 12.2 Å². The van der Waals surface area contributed by atoms with Gasteiger partial charge in [0.1, 0.15) is 0 Å². The number of aryl methyl sites for hydroxylation is 1. The standard InChI is InChI=1S/C14H17BrN4O/c1-19-11(7-9-17-19)6-8-16-10-14(20)18-13-5-3-2-4-12(13)15/h2-5,7,9,16H,6,8,10H2,1H3,(H,18,20). The molecule has 0 fully saturated rings. The predicted octanol–water partition coefficient (Wildman–Crippen LogP) is 1.95. The monoisotopic (exact) mass is 336 g/mol. The average Bonchev–Trinajstić information content (AvgIpc) is 2.83. The van der Waals surface area contributed by atoms with Crippen molar-refractivity contribution in [2.45, 2.75) is 6.42 Å². The number of benzene rings is 1. The molecule has 0 spiro atoms. The van der Waals surface area contributed by atoms with Crippen LogP contribution >= 0.6 is 15.9 Å². The largest absolute Gasteiger partial charge is 0.324 e. The van der Waals surface area contributed by atoms with E-state index >= 15 is 0 Å². The zero-order chi connectivity index (χ0) is 14.4. The third-order valence-electron chi connectivity index (χ3n) is 2.91. The molecular formula is C14H17BrN4O. The Balaban J connectivity index is 1.71. The Kier molecular flexibility index (Phi) is 5.31. The highest BCUT2D eigenvalue weighted by atomic mass is 79.9. The van der Waals surface area contributed by atoms with Crippen LogP contribution in [-0.2, 0) is 18.3 Å². The fourth-order valence-corrected chi connectivity index (χ4v) is 2.21. The zero-order valence-electron chi connectivity index (χ0n) is 11.3. The van der Waals surface area contributed by atoms with Crippen molar-refractivity contribution >= 4 is 27.5 Å².